The normalized spacial score (nSPS) is 39.6. The van der Waals surface area contributed by atoms with Crippen LogP contribution in [0.4, 0.5) is 0 Å². The van der Waals surface area contributed by atoms with Gasteiger partial charge in [0.15, 0.2) is 0 Å². The molecule has 2 bridgehead atoms. The van der Waals surface area contributed by atoms with Gasteiger partial charge < -0.3 is 15.7 Å². The van der Waals surface area contributed by atoms with Crippen molar-refractivity contribution in [1.82, 2.24) is 4.90 Å². The Morgan fingerprint density at radius 3 is 2.52 bits per heavy atom. The lowest BCUT2D eigenvalue weighted by molar-refractivity contribution is -0.151. The predicted molar refractivity (Wildman–Crippen MR) is 85.3 cm³/mol. The van der Waals surface area contributed by atoms with Gasteiger partial charge in [-0.3, -0.25) is 4.79 Å². The lowest BCUT2D eigenvalue weighted by Gasteiger charge is -2.35. The van der Waals surface area contributed by atoms with Crippen molar-refractivity contribution in [2.24, 2.45) is 40.7 Å². The number of allylic oxidation sites excluding steroid dienone is 2. The average molecular weight is 318 g/mol. The molecule has 0 spiro atoms. The van der Waals surface area contributed by atoms with E-state index in [1.165, 1.54) is 0 Å². The summed E-state index contributed by atoms with van der Waals surface area (Å²) < 4.78 is 0. The molecule has 23 heavy (non-hydrogen) atoms. The third-order valence-electron chi connectivity index (χ3n) is 7.03. The summed E-state index contributed by atoms with van der Waals surface area (Å²) in [5.74, 6) is 0.582. The van der Waals surface area contributed by atoms with Crippen LogP contribution in [0, 0.1) is 35.0 Å². The molecule has 0 aromatic rings. The summed E-state index contributed by atoms with van der Waals surface area (Å²) in [4.78, 5) is 26.5. The Kier molecular flexibility index (Phi) is 3.18. The Morgan fingerprint density at radius 1 is 1.26 bits per heavy atom. The van der Waals surface area contributed by atoms with E-state index in [4.69, 9.17) is 5.73 Å². The Morgan fingerprint density at radius 2 is 1.91 bits per heavy atom. The second-order valence-corrected chi connectivity index (χ2v) is 8.54. The number of amides is 1. The lowest BCUT2D eigenvalue weighted by Crippen LogP contribution is -2.55. The highest BCUT2D eigenvalue weighted by Crippen LogP contribution is 2.54. The van der Waals surface area contributed by atoms with Crippen LogP contribution >= 0.6 is 0 Å². The zero-order chi connectivity index (χ0) is 16.5. The zero-order valence-corrected chi connectivity index (χ0v) is 13.8. The van der Waals surface area contributed by atoms with Crippen molar-refractivity contribution in [3.8, 4) is 0 Å². The molecule has 4 rings (SSSR count). The van der Waals surface area contributed by atoms with E-state index < -0.39 is 18.1 Å². The summed E-state index contributed by atoms with van der Waals surface area (Å²) in [6.45, 7) is 4.65. The smallest absolute Gasteiger partial charge is 0.326 e. The maximum absolute atomic E-state index is 13.0. The molecule has 1 amide bonds. The molecule has 126 valence electrons. The fraction of sp³-hybridized carbons (Fsp3) is 0.778. The largest absolute Gasteiger partial charge is 0.480 e. The number of fused-ring (bicyclic) bond motifs is 5. The minimum atomic E-state index is -0.872. The summed E-state index contributed by atoms with van der Waals surface area (Å²) in [6.07, 6.45) is 7.67. The van der Waals surface area contributed by atoms with E-state index in [0.29, 0.717) is 30.2 Å². The van der Waals surface area contributed by atoms with Gasteiger partial charge in [-0.2, -0.15) is 0 Å². The van der Waals surface area contributed by atoms with E-state index in [1.54, 1.807) is 4.90 Å². The Labute approximate surface area is 136 Å². The van der Waals surface area contributed by atoms with Crippen LogP contribution < -0.4 is 5.73 Å². The van der Waals surface area contributed by atoms with Gasteiger partial charge in [0.2, 0.25) is 5.91 Å². The highest BCUT2D eigenvalue weighted by molar-refractivity contribution is 5.88. The van der Waals surface area contributed by atoms with Crippen molar-refractivity contribution in [1.29, 1.82) is 0 Å². The summed E-state index contributed by atoms with van der Waals surface area (Å²) in [6, 6.07) is -1.31. The molecule has 3 aliphatic carbocycles. The van der Waals surface area contributed by atoms with E-state index in [1.807, 2.05) is 13.8 Å². The maximum atomic E-state index is 13.0. The molecular formula is C18H26N2O3. The number of aliphatic carboxylic acids is 1. The molecule has 3 N–H and O–H groups in total. The maximum Gasteiger partial charge on any atom is 0.326 e. The van der Waals surface area contributed by atoms with Crippen LogP contribution in [0.25, 0.3) is 0 Å². The van der Waals surface area contributed by atoms with Crippen molar-refractivity contribution in [2.45, 2.75) is 45.2 Å². The van der Waals surface area contributed by atoms with Gasteiger partial charge >= 0.3 is 5.97 Å². The number of carbonyl (C=O) groups excluding carboxylic acids is 1. The Bertz CT molecular complexity index is 581. The van der Waals surface area contributed by atoms with Crippen molar-refractivity contribution >= 4 is 11.9 Å². The van der Waals surface area contributed by atoms with Crippen LogP contribution in [-0.2, 0) is 9.59 Å². The first kappa shape index (κ1) is 15.2. The molecule has 2 saturated carbocycles. The van der Waals surface area contributed by atoms with Gasteiger partial charge in [0.1, 0.15) is 6.04 Å². The Hall–Kier alpha value is -1.36. The van der Waals surface area contributed by atoms with Gasteiger partial charge in [-0.15, -0.1) is 0 Å². The second kappa shape index (κ2) is 4.82. The monoisotopic (exact) mass is 318 g/mol. The molecule has 3 fully saturated rings. The number of carbonyl (C=O) groups is 2. The minimum Gasteiger partial charge on any atom is -0.480 e. The van der Waals surface area contributed by atoms with Crippen molar-refractivity contribution in [2.75, 3.05) is 6.54 Å². The summed E-state index contributed by atoms with van der Waals surface area (Å²) in [5, 5.41) is 9.76. The van der Waals surface area contributed by atoms with Crippen molar-refractivity contribution < 1.29 is 14.7 Å². The topological polar surface area (TPSA) is 83.6 Å². The zero-order valence-electron chi connectivity index (χ0n) is 13.8. The van der Waals surface area contributed by atoms with Crippen molar-refractivity contribution in [3.05, 3.63) is 12.2 Å². The average Bonchev–Trinajstić information content (AvgIpc) is 3.01. The quantitative estimate of drug-likeness (QED) is 0.769. The van der Waals surface area contributed by atoms with Crippen LogP contribution in [0.15, 0.2) is 12.2 Å². The van der Waals surface area contributed by atoms with Gasteiger partial charge in [0.25, 0.3) is 0 Å². The van der Waals surface area contributed by atoms with Crippen LogP contribution in [0.3, 0.4) is 0 Å². The van der Waals surface area contributed by atoms with Gasteiger partial charge in [-0.1, -0.05) is 26.0 Å². The summed E-state index contributed by atoms with van der Waals surface area (Å²) in [5.41, 5.74) is 6.06. The van der Waals surface area contributed by atoms with Gasteiger partial charge in [-0.25, -0.2) is 4.79 Å². The summed E-state index contributed by atoms with van der Waals surface area (Å²) >= 11 is 0. The highest BCUT2D eigenvalue weighted by Gasteiger charge is 2.59. The molecule has 5 heteroatoms. The molecular weight excluding hydrogens is 292 g/mol. The SMILES string of the molecule is CC(C)(C1CC1)[C@H](N)C(=O)N1C[C@H]2[C@@H]([C@H]1C(=O)O)[C@H]1C=C[C@@H]2C1. The fourth-order valence-electron chi connectivity index (χ4n) is 5.34. The van der Waals surface area contributed by atoms with Gasteiger partial charge in [0, 0.05) is 12.5 Å². The summed E-state index contributed by atoms with van der Waals surface area (Å²) in [7, 11) is 0. The first-order valence-corrected chi connectivity index (χ1v) is 8.79. The third kappa shape index (κ3) is 2.09. The number of hydrogen-bond donors (Lipinski definition) is 2. The number of carboxylic acid groups (broad SMARTS) is 1. The van der Waals surface area contributed by atoms with E-state index in [2.05, 4.69) is 12.2 Å². The van der Waals surface area contributed by atoms with Gasteiger partial charge in [-0.05, 0) is 48.3 Å². The first-order valence-electron chi connectivity index (χ1n) is 8.79. The Balaban J connectivity index is 1.58. The number of likely N-dealkylation sites (tertiary alicyclic amines) is 1. The number of hydrogen-bond acceptors (Lipinski definition) is 3. The molecule has 0 aromatic carbocycles. The first-order chi connectivity index (χ1) is 10.8. The molecule has 6 atom stereocenters. The van der Waals surface area contributed by atoms with E-state index >= 15 is 0 Å². The molecule has 4 aliphatic rings. The van der Waals surface area contributed by atoms with E-state index in [-0.39, 0.29) is 17.2 Å². The second-order valence-electron chi connectivity index (χ2n) is 8.54. The van der Waals surface area contributed by atoms with Crippen LogP contribution in [0.2, 0.25) is 0 Å². The number of nitrogens with two attached hydrogens (primary N) is 1. The fourth-order valence-corrected chi connectivity index (χ4v) is 5.34. The standard InChI is InChI=1S/C18H26N2O3/c1-18(2,11-5-6-11)15(19)16(21)20-8-12-9-3-4-10(7-9)13(12)14(20)17(22)23/h3-4,9-15H,5-8,19H2,1-2H3,(H,22,23)/t9-,10+,12-,13+,14+,15-/m1/s1. The minimum absolute atomic E-state index is 0.0719. The molecule has 5 nitrogen and oxygen atoms in total. The van der Waals surface area contributed by atoms with Gasteiger partial charge in [0.05, 0.1) is 6.04 Å². The third-order valence-corrected chi connectivity index (χ3v) is 7.03. The van der Waals surface area contributed by atoms with Crippen LogP contribution in [-0.4, -0.2) is 40.5 Å². The lowest BCUT2D eigenvalue weighted by atomic mass is 9.79. The molecule has 0 radical (unpaired) electrons. The van der Waals surface area contributed by atoms with E-state index in [0.717, 1.165) is 19.3 Å². The van der Waals surface area contributed by atoms with Crippen LogP contribution in [0.1, 0.15) is 33.1 Å². The molecule has 1 heterocycles. The molecule has 0 unspecified atom stereocenters. The molecule has 1 saturated heterocycles. The number of carboxylic acids is 1. The number of nitrogens with zero attached hydrogens (tertiary/aromatic N) is 1. The molecule has 0 aromatic heterocycles. The number of rotatable bonds is 4. The van der Waals surface area contributed by atoms with Crippen molar-refractivity contribution in [3.63, 3.8) is 0 Å². The van der Waals surface area contributed by atoms with Crippen LogP contribution in [0.5, 0.6) is 0 Å². The molecule has 1 aliphatic heterocycles. The predicted octanol–water partition coefficient (Wildman–Crippen LogP) is 1.48. The van der Waals surface area contributed by atoms with E-state index in [9.17, 15) is 14.7 Å². The highest BCUT2D eigenvalue weighted by atomic mass is 16.4.